The molecular weight excluding hydrogens is 641 g/mol. The van der Waals surface area contributed by atoms with Gasteiger partial charge in [-0.05, 0) is 61.1 Å². The number of aromatic nitrogens is 1. The second kappa shape index (κ2) is 13.3. The van der Waals surface area contributed by atoms with Gasteiger partial charge in [-0.25, -0.2) is 9.78 Å². The highest BCUT2D eigenvalue weighted by atomic mass is 16.7. The average molecular weight is 688 g/mol. The van der Waals surface area contributed by atoms with Crippen molar-refractivity contribution in [2.75, 3.05) is 6.54 Å². The van der Waals surface area contributed by atoms with Gasteiger partial charge in [0.05, 0.1) is 35.4 Å². The van der Waals surface area contributed by atoms with E-state index in [1.165, 1.54) is 4.90 Å². The van der Waals surface area contributed by atoms with E-state index in [0.717, 1.165) is 40.6 Å². The molecule has 1 unspecified atom stereocenters. The van der Waals surface area contributed by atoms with Crippen LogP contribution in [-0.2, 0) is 25.4 Å². The molecule has 9 rings (SSSR count). The van der Waals surface area contributed by atoms with Crippen molar-refractivity contribution >= 4 is 30.0 Å². The summed E-state index contributed by atoms with van der Waals surface area (Å²) < 4.78 is 25.8. The number of benzene rings is 3. The van der Waals surface area contributed by atoms with Crippen LogP contribution in [0.5, 0.6) is 5.75 Å². The van der Waals surface area contributed by atoms with Gasteiger partial charge in [-0.15, -0.1) is 0 Å². The highest BCUT2D eigenvalue weighted by molar-refractivity contribution is 6.47. The molecule has 2 aliphatic heterocycles. The standard InChI is InChI=1S/C41H46BN3O6/c1-5-37(42-50-36-21-28-20-35(40(28,2)3)41(36,4)51-42)44-38(46)33-22-29(24-45(33)39(47)48-25-26-14-8-6-9-15-26)49-34-23-32(27-16-10-7-11-17-27)43-31-19-13-12-18-30(31)34/h6-19,23,28-29,33,35-37H,5,20-22,24-25H2,1-4H3,(H,44,46)/t28-,29+,33-,35-,36?,37-,41-/m0/s1. The summed E-state index contributed by atoms with van der Waals surface area (Å²) in [5.41, 5.74) is 3.26. The van der Waals surface area contributed by atoms with E-state index >= 15 is 0 Å². The normalized spacial score (nSPS) is 28.1. The molecule has 5 fully saturated rings. The van der Waals surface area contributed by atoms with Crippen molar-refractivity contribution in [1.29, 1.82) is 0 Å². The third-order valence-corrected chi connectivity index (χ3v) is 12.1. The Kier molecular flexibility index (Phi) is 8.79. The fraction of sp³-hybridized carbons (Fsp3) is 0.439. The van der Waals surface area contributed by atoms with Gasteiger partial charge < -0.3 is 24.1 Å². The van der Waals surface area contributed by atoms with Gasteiger partial charge in [-0.2, -0.15) is 0 Å². The van der Waals surface area contributed by atoms with E-state index in [2.05, 4.69) is 26.1 Å². The summed E-state index contributed by atoms with van der Waals surface area (Å²) in [6.07, 6.45) is 2.03. The molecule has 7 atom stereocenters. The number of ether oxygens (including phenoxy) is 2. The maximum atomic E-state index is 14.2. The van der Waals surface area contributed by atoms with Gasteiger partial charge in [0.2, 0.25) is 5.91 Å². The maximum absolute atomic E-state index is 14.2. The van der Waals surface area contributed by atoms with Crippen molar-refractivity contribution in [2.45, 2.75) is 89.8 Å². The van der Waals surface area contributed by atoms with E-state index in [1.54, 1.807) is 0 Å². The SMILES string of the molecule is CC[C@H](NC(=O)[C@@H]1C[C@@H](Oc2cc(-c3ccccc3)nc3ccccc23)CN1C(=O)OCc1ccccc1)B1OC2C[C@@H]3C[C@@H](C3(C)C)[C@]2(C)O1. The zero-order chi connectivity index (χ0) is 35.3. The van der Waals surface area contributed by atoms with E-state index < -0.39 is 25.4 Å². The van der Waals surface area contributed by atoms with Gasteiger partial charge in [-0.3, -0.25) is 9.69 Å². The number of carbonyl (C=O) groups is 2. The number of nitrogens with zero attached hydrogens (tertiary/aromatic N) is 2. The number of nitrogens with one attached hydrogen (secondary N) is 1. The molecule has 264 valence electrons. The van der Waals surface area contributed by atoms with Gasteiger partial charge in [0, 0.05) is 23.4 Å². The van der Waals surface area contributed by atoms with E-state index in [-0.39, 0.29) is 42.1 Å². The van der Waals surface area contributed by atoms with Gasteiger partial charge >= 0.3 is 13.2 Å². The first-order valence-corrected chi connectivity index (χ1v) is 18.4. The average Bonchev–Trinajstić information content (AvgIpc) is 3.74. The minimum Gasteiger partial charge on any atom is -0.488 e. The molecule has 51 heavy (non-hydrogen) atoms. The topological polar surface area (TPSA) is 99.2 Å². The second-order valence-corrected chi connectivity index (χ2v) is 15.4. The van der Waals surface area contributed by atoms with E-state index in [1.807, 2.05) is 97.9 Å². The Morgan fingerprint density at radius 2 is 1.71 bits per heavy atom. The van der Waals surface area contributed by atoms with Crippen LogP contribution < -0.4 is 10.1 Å². The summed E-state index contributed by atoms with van der Waals surface area (Å²) in [5.74, 6) is 1.05. The summed E-state index contributed by atoms with van der Waals surface area (Å²) in [5, 5.41) is 4.09. The molecule has 2 saturated heterocycles. The monoisotopic (exact) mass is 687 g/mol. The molecule has 0 spiro atoms. The third-order valence-electron chi connectivity index (χ3n) is 12.1. The molecule has 2 bridgehead atoms. The molecule has 10 heteroatoms. The quantitative estimate of drug-likeness (QED) is 0.186. The Labute approximate surface area is 300 Å². The van der Waals surface area contributed by atoms with Crippen LogP contribution in [0.2, 0.25) is 0 Å². The largest absolute Gasteiger partial charge is 0.488 e. The molecule has 3 aromatic carbocycles. The highest BCUT2D eigenvalue weighted by Crippen LogP contribution is 2.65. The first-order valence-electron chi connectivity index (χ1n) is 18.4. The number of pyridine rings is 1. The Morgan fingerprint density at radius 1 is 0.980 bits per heavy atom. The molecule has 3 heterocycles. The van der Waals surface area contributed by atoms with Crippen LogP contribution in [0.15, 0.2) is 91.0 Å². The number of likely N-dealkylation sites (tertiary alicyclic amines) is 1. The zero-order valence-electron chi connectivity index (χ0n) is 29.8. The molecule has 3 aliphatic carbocycles. The number of para-hydroxylation sites is 1. The number of amides is 2. The zero-order valence-corrected chi connectivity index (χ0v) is 29.8. The molecule has 2 amide bonds. The van der Waals surface area contributed by atoms with Gasteiger partial charge in [0.15, 0.2) is 0 Å². The molecule has 4 aromatic rings. The lowest BCUT2D eigenvalue weighted by molar-refractivity contribution is -0.199. The van der Waals surface area contributed by atoms with Gasteiger partial charge in [0.25, 0.3) is 0 Å². The van der Waals surface area contributed by atoms with Crippen molar-refractivity contribution in [2.24, 2.45) is 17.3 Å². The van der Waals surface area contributed by atoms with Crippen LogP contribution in [0.25, 0.3) is 22.2 Å². The summed E-state index contributed by atoms with van der Waals surface area (Å²) >= 11 is 0. The Morgan fingerprint density at radius 3 is 2.45 bits per heavy atom. The van der Waals surface area contributed by atoms with Crippen molar-refractivity contribution in [3.63, 3.8) is 0 Å². The van der Waals surface area contributed by atoms with Crippen LogP contribution in [-0.4, -0.2) is 65.3 Å². The minimum atomic E-state index is -0.806. The van der Waals surface area contributed by atoms with Crippen LogP contribution in [0.4, 0.5) is 4.79 Å². The van der Waals surface area contributed by atoms with Crippen LogP contribution in [0.1, 0.15) is 58.9 Å². The first-order chi connectivity index (χ1) is 24.6. The summed E-state index contributed by atoms with van der Waals surface area (Å²) in [6, 6.07) is 28.5. The van der Waals surface area contributed by atoms with Crippen molar-refractivity contribution < 1.29 is 28.4 Å². The fourth-order valence-corrected chi connectivity index (χ4v) is 9.03. The Bertz CT molecular complexity index is 1910. The Balaban J connectivity index is 1.03. The van der Waals surface area contributed by atoms with Gasteiger partial charge in [0.1, 0.15) is 24.5 Å². The Hall–Kier alpha value is -4.41. The number of carbonyl (C=O) groups excluding carboxylic acids is 2. The minimum absolute atomic E-state index is 0.00918. The highest BCUT2D eigenvalue weighted by Gasteiger charge is 2.68. The smallest absolute Gasteiger partial charge is 0.481 e. The molecule has 1 aromatic heterocycles. The summed E-state index contributed by atoms with van der Waals surface area (Å²) in [6.45, 7) is 9.18. The van der Waals surface area contributed by atoms with Crippen molar-refractivity contribution in [3.8, 4) is 17.0 Å². The van der Waals surface area contributed by atoms with Crippen LogP contribution in [0, 0.1) is 17.3 Å². The molecule has 5 aliphatic rings. The molecule has 0 radical (unpaired) electrons. The number of rotatable bonds is 9. The van der Waals surface area contributed by atoms with Crippen LogP contribution >= 0.6 is 0 Å². The predicted molar refractivity (Wildman–Crippen MR) is 196 cm³/mol. The molecule has 9 nitrogen and oxygen atoms in total. The van der Waals surface area contributed by atoms with Gasteiger partial charge in [-0.1, -0.05) is 93.6 Å². The van der Waals surface area contributed by atoms with Crippen LogP contribution in [0.3, 0.4) is 0 Å². The van der Waals surface area contributed by atoms with Crippen molar-refractivity contribution in [1.82, 2.24) is 15.2 Å². The first kappa shape index (κ1) is 33.7. The lowest BCUT2D eigenvalue weighted by atomic mass is 9.43. The van der Waals surface area contributed by atoms with E-state index in [4.69, 9.17) is 23.8 Å². The van der Waals surface area contributed by atoms with E-state index in [0.29, 0.717) is 30.4 Å². The fourth-order valence-electron chi connectivity index (χ4n) is 9.03. The predicted octanol–water partition coefficient (Wildman–Crippen LogP) is 7.22. The molecular formula is C41H46BN3O6. The second-order valence-electron chi connectivity index (χ2n) is 15.4. The number of hydrogen-bond donors (Lipinski definition) is 1. The number of fused-ring (bicyclic) bond motifs is 1. The maximum Gasteiger partial charge on any atom is 0.481 e. The molecule has 3 saturated carbocycles. The number of hydrogen-bond acceptors (Lipinski definition) is 7. The lowest BCUT2D eigenvalue weighted by Crippen LogP contribution is -2.65. The van der Waals surface area contributed by atoms with E-state index in [9.17, 15) is 9.59 Å². The third kappa shape index (κ3) is 6.16. The summed E-state index contributed by atoms with van der Waals surface area (Å²) in [7, 11) is -0.560. The lowest BCUT2D eigenvalue weighted by Gasteiger charge is -2.64. The summed E-state index contributed by atoms with van der Waals surface area (Å²) in [4.78, 5) is 34.4. The molecule has 1 N–H and O–H groups in total. The van der Waals surface area contributed by atoms with Crippen molar-refractivity contribution in [3.05, 3.63) is 96.6 Å².